The maximum Gasteiger partial charge on any atom is 0.230 e. The number of nitrogens with one attached hydrogen (secondary N) is 1. The highest BCUT2D eigenvalue weighted by molar-refractivity contribution is 7.23. The number of anilines is 1. The van der Waals surface area contributed by atoms with Crippen LogP contribution in [0.5, 0.6) is 0 Å². The van der Waals surface area contributed by atoms with Gasteiger partial charge in [-0.05, 0) is 29.1 Å². The minimum atomic E-state index is -0.316. The van der Waals surface area contributed by atoms with Gasteiger partial charge in [-0.3, -0.25) is 4.79 Å². The quantitative estimate of drug-likeness (QED) is 0.799. The zero-order chi connectivity index (χ0) is 14.7. The van der Waals surface area contributed by atoms with Crippen LogP contribution in [-0.2, 0) is 11.2 Å². The highest BCUT2D eigenvalue weighted by Crippen LogP contribution is 2.29. The molecule has 0 saturated heterocycles. The van der Waals surface area contributed by atoms with Crippen molar-refractivity contribution < 1.29 is 9.18 Å². The molecule has 0 aliphatic heterocycles. The van der Waals surface area contributed by atoms with Crippen LogP contribution in [0, 0.1) is 5.82 Å². The summed E-state index contributed by atoms with van der Waals surface area (Å²) in [7, 11) is 0. The molecule has 1 amide bonds. The molecule has 7 heteroatoms. The Labute approximate surface area is 128 Å². The van der Waals surface area contributed by atoms with E-state index in [1.807, 2.05) is 17.5 Å². The number of halogens is 1. The summed E-state index contributed by atoms with van der Waals surface area (Å²) in [5, 5.41) is 13.9. The van der Waals surface area contributed by atoms with Gasteiger partial charge in [0.05, 0.1) is 11.3 Å². The number of carbonyl (C=O) groups is 1. The molecule has 2 aromatic heterocycles. The van der Waals surface area contributed by atoms with Crippen LogP contribution in [0.1, 0.15) is 5.56 Å². The zero-order valence-corrected chi connectivity index (χ0v) is 12.4. The van der Waals surface area contributed by atoms with E-state index < -0.39 is 0 Å². The Morgan fingerprint density at radius 1 is 1.19 bits per heavy atom. The van der Waals surface area contributed by atoms with Gasteiger partial charge in [-0.1, -0.05) is 29.5 Å². The van der Waals surface area contributed by atoms with Crippen molar-refractivity contribution in [3.8, 4) is 9.88 Å². The summed E-state index contributed by atoms with van der Waals surface area (Å²) in [4.78, 5) is 12.9. The van der Waals surface area contributed by atoms with Gasteiger partial charge >= 0.3 is 0 Å². The fourth-order valence-corrected chi connectivity index (χ4v) is 3.28. The van der Waals surface area contributed by atoms with Crippen molar-refractivity contribution in [1.82, 2.24) is 10.2 Å². The topological polar surface area (TPSA) is 54.9 Å². The van der Waals surface area contributed by atoms with Gasteiger partial charge in [0.2, 0.25) is 11.0 Å². The third-order valence-electron chi connectivity index (χ3n) is 2.68. The lowest BCUT2D eigenvalue weighted by atomic mass is 10.1. The molecule has 0 unspecified atom stereocenters. The molecule has 3 aromatic rings. The Morgan fingerprint density at radius 3 is 2.71 bits per heavy atom. The van der Waals surface area contributed by atoms with Crippen molar-refractivity contribution in [2.45, 2.75) is 6.42 Å². The van der Waals surface area contributed by atoms with Crippen LogP contribution in [0.3, 0.4) is 0 Å². The van der Waals surface area contributed by atoms with Gasteiger partial charge in [0.25, 0.3) is 0 Å². The molecule has 0 aliphatic rings. The second kappa shape index (κ2) is 6.11. The highest BCUT2D eigenvalue weighted by atomic mass is 32.1. The van der Waals surface area contributed by atoms with E-state index in [2.05, 4.69) is 15.5 Å². The number of hydrogen-bond acceptors (Lipinski definition) is 5. The molecule has 0 saturated carbocycles. The van der Waals surface area contributed by atoms with Crippen LogP contribution in [0.15, 0.2) is 41.8 Å². The van der Waals surface area contributed by atoms with Crippen molar-refractivity contribution in [3.05, 3.63) is 53.2 Å². The molecule has 0 atom stereocenters. The van der Waals surface area contributed by atoms with E-state index in [-0.39, 0.29) is 18.1 Å². The molecule has 21 heavy (non-hydrogen) atoms. The minimum absolute atomic E-state index is 0.175. The average Bonchev–Trinajstić information content (AvgIpc) is 3.12. The largest absolute Gasteiger partial charge is 0.300 e. The molecule has 0 aliphatic carbocycles. The number of rotatable bonds is 4. The zero-order valence-electron chi connectivity index (χ0n) is 10.7. The van der Waals surface area contributed by atoms with Gasteiger partial charge in [-0.25, -0.2) is 4.39 Å². The van der Waals surface area contributed by atoms with Crippen LogP contribution in [0.4, 0.5) is 9.52 Å². The molecule has 0 radical (unpaired) electrons. The van der Waals surface area contributed by atoms with Gasteiger partial charge in [-0.15, -0.1) is 21.5 Å². The van der Waals surface area contributed by atoms with E-state index in [0.29, 0.717) is 5.13 Å². The number of carbonyl (C=O) groups excluding carboxylic acids is 1. The third-order valence-corrected chi connectivity index (χ3v) is 4.56. The first-order chi connectivity index (χ1) is 10.2. The average molecular weight is 319 g/mol. The lowest BCUT2D eigenvalue weighted by Crippen LogP contribution is -2.14. The maximum atomic E-state index is 12.8. The van der Waals surface area contributed by atoms with Crippen molar-refractivity contribution in [2.75, 3.05) is 5.32 Å². The Kier molecular flexibility index (Phi) is 4.03. The fourth-order valence-electron chi connectivity index (χ4n) is 1.72. The van der Waals surface area contributed by atoms with Gasteiger partial charge < -0.3 is 5.32 Å². The van der Waals surface area contributed by atoms with Crippen LogP contribution < -0.4 is 5.32 Å². The van der Waals surface area contributed by atoms with E-state index >= 15 is 0 Å². The van der Waals surface area contributed by atoms with Crippen LogP contribution in [0.2, 0.25) is 0 Å². The fraction of sp³-hybridized carbons (Fsp3) is 0.0714. The second-order valence-electron chi connectivity index (χ2n) is 4.24. The Hall–Kier alpha value is -2.12. The molecular weight excluding hydrogens is 309 g/mol. The molecule has 4 nitrogen and oxygen atoms in total. The highest BCUT2D eigenvalue weighted by Gasteiger charge is 2.10. The normalized spacial score (nSPS) is 10.5. The summed E-state index contributed by atoms with van der Waals surface area (Å²) >= 11 is 2.90. The number of hydrogen-bond donors (Lipinski definition) is 1. The SMILES string of the molecule is O=C(Cc1ccc(F)cc1)Nc1nnc(-c2cccs2)s1. The minimum Gasteiger partial charge on any atom is -0.300 e. The molecule has 1 N–H and O–H groups in total. The summed E-state index contributed by atoms with van der Waals surface area (Å²) in [6.07, 6.45) is 0.175. The molecule has 3 rings (SSSR count). The van der Waals surface area contributed by atoms with E-state index in [9.17, 15) is 9.18 Å². The van der Waals surface area contributed by atoms with E-state index in [4.69, 9.17) is 0 Å². The molecule has 2 heterocycles. The van der Waals surface area contributed by atoms with Crippen molar-refractivity contribution >= 4 is 33.7 Å². The summed E-state index contributed by atoms with van der Waals surface area (Å²) in [6.45, 7) is 0. The van der Waals surface area contributed by atoms with E-state index in [1.54, 1.807) is 23.5 Å². The summed E-state index contributed by atoms with van der Waals surface area (Å²) < 4.78 is 12.8. The Morgan fingerprint density at radius 2 is 2.00 bits per heavy atom. The first-order valence-corrected chi connectivity index (χ1v) is 7.82. The Bertz CT molecular complexity index is 738. The van der Waals surface area contributed by atoms with E-state index in [0.717, 1.165) is 15.4 Å². The molecule has 1 aromatic carbocycles. The van der Waals surface area contributed by atoms with Gasteiger partial charge in [0.1, 0.15) is 5.82 Å². The first-order valence-electron chi connectivity index (χ1n) is 6.12. The van der Waals surface area contributed by atoms with Crippen molar-refractivity contribution in [2.24, 2.45) is 0 Å². The number of nitrogens with zero attached hydrogens (tertiary/aromatic N) is 2. The smallest absolute Gasteiger partial charge is 0.230 e. The lowest BCUT2D eigenvalue weighted by molar-refractivity contribution is -0.115. The van der Waals surface area contributed by atoms with E-state index in [1.165, 1.54) is 23.5 Å². The number of aromatic nitrogens is 2. The predicted molar refractivity (Wildman–Crippen MR) is 82.0 cm³/mol. The summed E-state index contributed by atoms with van der Waals surface area (Å²) in [5.74, 6) is -0.514. The number of amides is 1. The second-order valence-corrected chi connectivity index (χ2v) is 6.17. The molecule has 106 valence electrons. The van der Waals surface area contributed by atoms with Gasteiger partial charge in [-0.2, -0.15) is 0 Å². The van der Waals surface area contributed by atoms with Crippen LogP contribution >= 0.6 is 22.7 Å². The monoisotopic (exact) mass is 319 g/mol. The Balaban J connectivity index is 1.64. The predicted octanol–water partition coefficient (Wildman–Crippen LogP) is 3.59. The van der Waals surface area contributed by atoms with Crippen LogP contribution in [-0.4, -0.2) is 16.1 Å². The first kappa shape index (κ1) is 13.8. The van der Waals surface area contributed by atoms with Gasteiger partial charge in [0.15, 0.2) is 5.01 Å². The molecule has 0 fully saturated rings. The van der Waals surface area contributed by atoms with Crippen molar-refractivity contribution in [3.63, 3.8) is 0 Å². The van der Waals surface area contributed by atoms with Crippen LogP contribution in [0.25, 0.3) is 9.88 Å². The molecule has 0 spiro atoms. The maximum absolute atomic E-state index is 12.8. The summed E-state index contributed by atoms with van der Waals surface area (Å²) in [5.41, 5.74) is 0.747. The van der Waals surface area contributed by atoms with Gasteiger partial charge in [0, 0.05) is 0 Å². The molecular formula is C14H10FN3OS2. The van der Waals surface area contributed by atoms with Crippen molar-refractivity contribution in [1.29, 1.82) is 0 Å². The summed E-state index contributed by atoms with van der Waals surface area (Å²) in [6, 6.07) is 9.74. The molecule has 0 bridgehead atoms. The number of benzene rings is 1. The lowest BCUT2D eigenvalue weighted by Gasteiger charge is -2.01. The number of thiophene rings is 1. The standard InChI is InChI=1S/C14H10FN3OS2/c15-10-5-3-9(4-6-10)8-12(19)16-14-18-17-13(21-14)11-2-1-7-20-11/h1-7H,8H2,(H,16,18,19). The third kappa shape index (κ3) is 3.50.